The van der Waals surface area contributed by atoms with Crippen LogP contribution in [0, 0.1) is 29.9 Å². The van der Waals surface area contributed by atoms with Crippen LogP contribution in [0.25, 0.3) is 11.1 Å². The number of benzene rings is 3. The molecular weight excluding hydrogens is 625 g/mol. The molecule has 1 N–H and O–H groups in total. The number of pyridine rings is 1. The molecule has 46 heavy (non-hydrogen) atoms. The molecule has 1 aromatic heterocycles. The van der Waals surface area contributed by atoms with E-state index >= 15 is 8.78 Å². The Morgan fingerprint density at radius 2 is 1.78 bits per heavy atom. The Hall–Kier alpha value is -4.34. The second-order valence-corrected chi connectivity index (χ2v) is 12.3. The molecular formula is C34H30F5N3O3S. The summed E-state index contributed by atoms with van der Waals surface area (Å²) in [6.07, 6.45) is -4.78. The number of alkyl halides is 3. The fourth-order valence-corrected chi connectivity index (χ4v) is 7.81. The molecule has 3 aromatic carbocycles. The highest BCUT2D eigenvalue weighted by Gasteiger charge is 2.41. The van der Waals surface area contributed by atoms with E-state index in [1.807, 2.05) is 12.1 Å². The Morgan fingerprint density at radius 3 is 2.46 bits per heavy atom. The highest BCUT2D eigenvalue weighted by molar-refractivity contribution is 7.85. The predicted octanol–water partition coefficient (Wildman–Crippen LogP) is 7.02. The van der Waals surface area contributed by atoms with Crippen molar-refractivity contribution in [1.82, 2.24) is 9.88 Å². The zero-order chi connectivity index (χ0) is 33.2. The summed E-state index contributed by atoms with van der Waals surface area (Å²) in [6.45, 7) is 1.82. The van der Waals surface area contributed by atoms with Crippen LogP contribution in [-0.2, 0) is 23.4 Å². The molecule has 2 heterocycles. The molecule has 0 amide bonds. The van der Waals surface area contributed by atoms with Gasteiger partial charge in [0.25, 0.3) is 5.56 Å². The zero-order valence-electron chi connectivity index (χ0n) is 25.0. The van der Waals surface area contributed by atoms with Gasteiger partial charge in [0, 0.05) is 24.0 Å². The van der Waals surface area contributed by atoms with Crippen molar-refractivity contribution in [2.75, 3.05) is 19.4 Å². The van der Waals surface area contributed by atoms with Crippen LogP contribution >= 0.6 is 0 Å². The molecule has 6 nitrogen and oxygen atoms in total. The smallest absolute Gasteiger partial charge is 0.416 e. The third-order valence-corrected chi connectivity index (χ3v) is 9.73. The molecule has 3 atom stereocenters. The molecule has 5 rings (SSSR count). The van der Waals surface area contributed by atoms with E-state index in [4.69, 9.17) is 10.00 Å². The first-order chi connectivity index (χ1) is 22.0. The van der Waals surface area contributed by atoms with E-state index < -0.39 is 63.8 Å². The second-order valence-electron chi connectivity index (χ2n) is 10.9. The summed E-state index contributed by atoms with van der Waals surface area (Å²) in [7, 11) is -0.640. The van der Waals surface area contributed by atoms with Gasteiger partial charge in [-0.05, 0) is 54.8 Å². The lowest BCUT2D eigenvalue weighted by atomic mass is 9.91. The van der Waals surface area contributed by atoms with Gasteiger partial charge in [-0.25, -0.2) is 8.78 Å². The first-order valence-corrected chi connectivity index (χ1v) is 15.8. The number of methoxy groups -OCH3 is 1. The van der Waals surface area contributed by atoms with Crippen molar-refractivity contribution in [1.29, 1.82) is 5.26 Å². The summed E-state index contributed by atoms with van der Waals surface area (Å²) < 4.78 is 93.6. The van der Waals surface area contributed by atoms with Crippen molar-refractivity contribution < 1.29 is 30.9 Å². The number of aromatic nitrogens is 1. The van der Waals surface area contributed by atoms with Crippen LogP contribution in [0.2, 0.25) is 0 Å². The van der Waals surface area contributed by atoms with Crippen molar-refractivity contribution in [2.45, 2.75) is 49.5 Å². The van der Waals surface area contributed by atoms with Crippen LogP contribution in [-0.4, -0.2) is 28.2 Å². The summed E-state index contributed by atoms with van der Waals surface area (Å²) in [5, 5.41) is 12.4. The average Bonchev–Trinajstić information content (AvgIpc) is 3.37. The van der Waals surface area contributed by atoms with Crippen LogP contribution < -0.4 is 15.6 Å². The van der Waals surface area contributed by atoms with Gasteiger partial charge in [0.1, 0.15) is 10.8 Å². The minimum absolute atomic E-state index is 0.0318. The number of fused-ring (bicyclic) bond motifs is 1. The first-order valence-electron chi connectivity index (χ1n) is 14.5. The van der Waals surface area contributed by atoms with Crippen LogP contribution in [0.5, 0.6) is 5.75 Å². The minimum Gasteiger partial charge on any atom is -0.494 e. The van der Waals surface area contributed by atoms with Gasteiger partial charge in [-0.1, -0.05) is 48.5 Å². The van der Waals surface area contributed by atoms with Crippen molar-refractivity contribution in [3.63, 3.8) is 0 Å². The van der Waals surface area contributed by atoms with Gasteiger partial charge in [0.15, 0.2) is 11.6 Å². The van der Waals surface area contributed by atoms with E-state index in [0.717, 1.165) is 23.8 Å². The lowest BCUT2D eigenvalue weighted by Crippen LogP contribution is -2.36. The third-order valence-electron chi connectivity index (χ3n) is 8.21. The van der Waals surface area contributed by atoms with Crippen molar-refractivity contribution in [3.8, 4) is 22.9 Å². The molecule has 4 aromatic rings. The number of nitrogens with zero attached hydrogens (tertiary/aromatic N) is 2. The van der Waals surface area contributed by atoms with Crippen LogP contribution in [0.1, 0.15) is 52.7 Å². The van der Waals surface area contributed by atoms with E-state index in [0.29, 0.717) is 13.0 Å². The average molecular weight is 656 g/mol. The number of rotatable bonds is 10. The van der Waals surface area contributed by atoms with E-state index in [-0.39, 0.29) is 45.2 Å². The lowest BCUT2D eigenvalue weighted by molar-refractivity contribution is -0.138. The van der Waals surface area contributed by atoms with Gasteiger partial charge in [0.2, 0.25) is 0 Å². The van der Waals surface area contributed by atoms with Gasteiger partial charge < -0.3 is 10.1 Å². The zero-order valence-corrected chi connectivity index (χ0v) is 25.8. The van der Waals surface area contributed by atoms with Crippen LogP contribution in [0.15, 0.2) is 76.6 Å². The summed E-state index contributed by atoms with van der Waals surface area (Å²) in [5.74, 6) is -2.21. The topological polar surface area (TPSA) is 84.1 Å². The summed E-state index contributed by atoms with van der Waals surface area (Å²) in [5.41, 5.74) is -2.00. The monoisotopic (exact) mass is 655 g/mol. The maximum absolute atomic E-state index is 15.8. The molecule has 0 saturated carbocycles. The molecule has 0 spiro atoms. The number of nitrogens with one attached hydrogen (secondary N) is 1. The van der Waals surface area contributed by atoms with Gasteiger partial charge in [-0.2, -0.15) is 18.4 Å². The minimum atomic E-state index is -4.89. The highest BCUT2D eigenvalue weighted by atomic mass is 32.2. The fourth-order valence-electron chi connectivity index (χ4n) is 6.06. The van der Waals surface area contributed by atoms with E-state index in [1.165, 1.54) is 36.8 Å². The standard InChI is InChI=1S/C34H30F5N3O3S/c1-20-23(18-24-25(34(37,38)39)13-9-14-26(24)35)33-42(32(43)29(20)22-12-8-15-28(45-2)30(22)36)27(19-46(33)44)31(41-17-7-6-16-40)21-10-4-3-5-11-21/h3-5,8-15,27,31,41H,6-7,17-19H2,1-2H3. The number of unbranched alkanes of at least 4 members (excludes halogenated alkanes) is 1. The molecule has 0 radical (unpaired) electrons. The number of ether oxygens (including phenoxy) is 1. The Bertz CT molecular complexity index is 1890. The second kappa shape index (κ2) is 13.6. The highest BCUT2D eigenvalue weighted by Crippen LogP contribution is 2.42. The largest absolute Gasteiger partial charge is 0.494 e. The molecule has 1 aliphatic heterocycles. The Balaban J connectivity index is 1.81. The first kappa shape index (κ1) is 33.0. The number of hydrogen-bond donors (Lipinski definition) is 1. The normalized spacial score (nSPS) is 16.6. The molecule has 3 unspecified atom stereocenters. The quantitative estimate of drug-likeness (QED) is 0.147. The summed E-state index contributed by atoms with van der Waals surface area (Å²) in [4.78, 5) is 14.5. The Kier molecular flexibility index (Phi) is 9.74. The van der Waals surface area contributed by atoms with E-state index in [2.05, 4.69) is 11.4 Å². The van der Waals surface area contributed by atoms with Gasteiger partial charge in [0.05, 0.1) is 52.9 Å². The number of halogens is 5. The van der Waals surface area contributed by atoms with Crippen molar-refractivity contribution in [2.24, 2.45) is 0 Å². The fraction of sp³-hybridized carbons (Fsp3) is 0.294. The van der Waals surface area contributed by atoms with Gasteiger partial charge >= 0.3 is 6.18 Å². The van der Waals surface area contributed by atoms with Crippen LogP contribution in [0.3, 0.4) is 0 Å². The molecule has 0 bridgehead atoms. The number of hydrogen-bond acceptors (Lipinski definition) is 5. The molecule has 1 aliphatic rings. The van der Waals surface area contributed by atoms with E-state index in [1.54, 1.807) is 18.2 Å². The lowest BCUT2D eigenvalue weighted by Gasteiger charge is -2.28. The molecule has 0 aliphatic carbocycles. The Morgan fingerprint density at radius 1 is 1.07 bits per heavy atom. The van der Waals surface area contributed by atoms with Gasteiger partial charge in [-0.3, -0.25) is 13.6 Å². The molecule has 12 heteroatoms. The number of nitriles is 1. The van der Waals surface area contributed by atoms with E-state index in [9.17, 15) is 22.2 Å². The molecule has 0 saturated heterocycles. The predicted molar refractivity (Wildman–Crippen MR) is 164 cm³/mol. The molecule has 0 fully saturated rings. The SMILES string of the molecule is COc1cccc(-c2c(C)c(Cc3c(F)cccc3C(F)(F)F)c3n(c2=O)C(C(NCCCC#N)c2ccccc2)CS3=O)c1F. The maximum atomic E-state index is 15.8. The van der Waals surface area contributed by atoms with Crippen molar-refractivity contribution >= 4 is 10.8 Å². The summed E-state index contributed by atoms with van der Waals surface area (Å²) in [6, 6.07) is 16.5. The third kappa shape index (κ3) is 6.22. The maximum Gasteiger partial charge on any atom is 0.416 e. The van der Waals surface area contributed by atoms with Gasteiger partial charge in [-0.15, -0.1) is 0 Å². The van der Waals surface area contributed by atoms with Crippen LogP contribution in [0.4, 0.5) is 22.0 Å². The Labute approximate surface area is 264 Å². The summed E-state index contributed by atoms with van der Waals surface area (Å²) >= 11 is 0. The van der Waals surface area contributed by atoms with Crippen molar-refractivity contribution in [3.05, 3.63) is 117 Å². The molecule has 240 valence electrons.